The lowest BCUT2D eigenvalue weighted by molar-refractivity contribution is -0.384. The summed E-state index contributed by atoms with van der Waals surface area (Å²) < 4.78 is 0. The van der Waals surface area contributed by atoms with Crippen molar-refractivity contribution in [1.29, 1.82) is 0 Å². The predicted molar refractivity (Wildman–Crippen MR) is 93.5 cm³/mol. The van der Waals surface area contributed by atoms with Gasteiger partial charge in [0.15, 0.2) is 0 Å². The van der Waals surface area contributed by atoms with Crippen LogP contribution in [0.2, 0.25) is 5.02 Å². The van der Waals surface area contributed by atoms with Gasteiger partial charge >= 0.3 is 0 Å². The maximum Gasteiger partial charge on any atom is 0.269 e. The van der Waals surface area contributed by atoms with E-state index >= 15 is 0 Å². The summed E-state index contributed by atoms with van der Waals surface area (Å²) in [6.07, 6.45) is 1.41. The van der Waals surface area contributed by atoms with Crippen molar-refractivity contribution in [3.63, 3.8) is 0 Å². The van der Waals surface area contributed by atoms with Crippen LogP contribution in [0.3, 0.4) is 0 Å². The molecule has 0 heterocycles. The van der Waals surface area contributed by atoms with Crippen molar-refractivity contribution in [3.05, 3.63) is 68.7 Å². The van der Waals surface area contributed by atoms with Crippen molar-refractivity contribution < 1.29 is 9.72 Å². The second-order valence-electron chi connectivity index (χ2n) is 4.91. The molecule has 2 aromatic rings. The number of benzene rings is 2. The Morgan fingerprint density at radius 3 is 2.67 bits per heavy atom. The highest BCUT2D eigenvalue weighted by molar-refractivity contribution is 6.31. The SMILES string of the molecule is Cc1c(Cl)cccc1NCC(=O)N/N=C\c1ccc([N+](=O)[O-])cc1. The van der Waals surface area contributed by atoms with Gasteiger partial charge in [-0.25, -0.2) is 5.43 Å². The molecule has 0 fully saturated rings. The van der Waals surface area contributed by atoms with E-state index in [9.17, 15) is 14.9 Å². The first-order chi connectivity index (χ1) is 11.5. The Morgan fingerprint density at radius 2 is 2.00 bits per heavy atom. The molecule has 8 heteroatoms. The maximum absolute atomic E-state index is 11.7. The number of hydrogen-bond donors (Lipinski definition) is 2. The summed E-state index contributed by atoms with van der Waals surface area (Å²) in [5.41, 5.74) is 4.65. The predicted octanol–water partition coefficient (Wildman–Crippen LogP) is 3.12. The molecule has 0 atom stereocenters. The van der Waals surface area contributed by atoms with Crippen molar-refractivity contribution in [2.75, 3.05) is 11.9 Å². The molecule has 2 rings (SSSR count). The number of carbonyl (C=O) groups excluding carboxylic acids is 1. The number of rotatable bonds is 6. The molecule has 1 amide bonds. The first-order valence-corrected chi connectivity index (χ1v) is 7.40. The number of anilines is 1. The molecular weight excluding hydrogens is 332 g/mol. The van der Waals surface area contributed by atoms with Crippen molar-refractivity contribution >= 4 is 35.1 Å². The van der Waals surface area contributed by atoms with Crippen molar-refractivity contribution in [1.82, 2.24) is 5.43 Å². The summed E-state index contributed by atoms with van der Waals surface area (Å²) in [5, 5.41) is 18.0. The van der Waals surface area contributed by atoms with Crippen LogP contribution in [0.1, 0.15) is 11.1 Å². The lowest BCUT2D eigenvalue weighted by Gasteiger charge is -2.09. The zero-order valence-corrected chi connectivity index (χ0v) is 13.6. The monoisotopic (exact) mass is 346 g/mol. The fraction of sp³-hybridized carbons (Fsp3) is 0.125. The van der Waals surface area contributed by atoms with Gasteiger partial charge in [-0.3, -0.25) is 14.9 Å². The van der Waals surface area contributed by atoms with Crippen LogP contribution >= 0.6 is 11.6 Å². The fourth-order valence-corrected chi connectivity index (χ4v) is 2.05. The third-order valence-corrected chi connectivity index (χ3v) is 3.62. The van der Waals surface area contributed by atoms with Crippen LogP contribution in [0.15, 0.2) is 47.6 Å². The van der Waals surface area contributed by atoms with E-state index in [2.05, 4.69) is 15.8 Å². The third kappa shape index (κ3) is 4.79. The first-order valence-electron chi connectivity index (χ1n) is 7.02. The normalized spacial score (nSPS) is 10.6. The number of hydrogen-bond acceptors (Lipinski definition) is 5. The fourth-order valence-electron chi connectivity index (χ4n) is 1.87. The smallest absolute Gasteiger partial charge is 0.269 e. The van der Waals surface area contributed by atoms with Crippen molar-refractivity contribution in [3.8, 4) is 0 Å². The van der Waals surface area contributed by atoms with Crippen LogP contribution < -0.4 is 10.7 Å². The topological polar surface area (TPSA) is 96.6 Å². The van der Waals surface area contributed by atoms with E-state index in [1.807, 2.05) is 13.0 Å². The van der Waals surface area contributed by atoms with Gasteiger partial charge in [-0.15, -0.1) is 0 Å². The second-order valence-corrected chi connectivity index (χ2v) is 5.31. The highest BCUT2D eigenvalue weighted by atomic mass is 35.5. The number of nitrogens with zero attached hydrogens (tertiary/aromatic N) is 2. The molecular formula is C16H15ClN4O3. The molecule has 0 bridgehead atoms. The minimum Gasteiger partial charge on any atom is -0.376 e. The number of nitro groups is 1. The van der Waals surface area contributed by atoms with Gasteiger partial charge in [0, 0.05) is 22.8 Å². The van der Waals surface area contributed by atoms with Crippen LogP contribution in [0.5, 0.6) is 0 Å². The van der Waals surface area contributed by atoms with Gasteiger partial charge in [-0.05, 0) is 42.3 Å². The summed E-state index contributed by atoms with van der Waals surface area (Å²) in [7, 11) is 0. The Bertz CT molecular complexity index is 775. The molecule has 0 saturated carbocycles. The van der Waals surface area contributed by atoms with Gasteiger partial charge in [0.1, 0.15) is 0 Å². The van der Waals surface area contributed by atoms with E-state index in [0.717, 1.165) is 11.3 Å². The van der Waals surface area contributed by atoms with Crippen LogP contribution in [-0.4, -0.2) is 23.6 Å². The Morgan fingerprint density at radius 1 is 1.29 bits per heavy atom. The molecule has 0 aliphatic rings. The zero-order valence-electron chi connectivity index (χ0n) is 12.8. The number of non-ortho nitro benzene ring substituents is 1. The average Bonchev–Trinajstić information content (AvgIpc) is 2.56. The van der Waals surface area contributed by atoms with E-state index in [1.165, 1.54) is 18.3 Å². The number of nitrogens with one attached hydrogen (secondary N) is 2. The number of amides is 1. The Labute approximate surface area is 143 Å². The van der Waals surface area contributed by atoms with Gasteiger partial charge in [-0.1, -0.05) is 17.7 Å². The molecule has 7 nitrogen and oxygen atoms in total. The Hall–Kier alpha value is -2.93. The van der Waals surface area contributed by atoms with Crippen LogP contribution in [0.4, 0.5) is 11.4 Å². The molecule has 24 heavy (non-hydrogen) atoms. The second kappa shape index (κ2) is 8.07. The molecule has 0 aromatic heterocycles. The van der Waals surface area contributed by atoms with E-state index in [0.29, 0.717) is 10.6 Å². The summed E-state index contributed by atoms with van der Waals surface area (Å²) >= 11 is 6.01. The number of hydrazone groups is 1. The molecule has 2 aromatic carbocycles. The molecule has 0 spiro atoms. The molecule has 0 aliphatic carbocycles. The summed E-state index contributed by atoms with van der Waals surface area (Å²) in [6.45, 7) is 1.90. The van der Waals surface area contributed by atoms with Gasteiger partial charge in [0.25, 0.3) is 11.6 Å². The molecule has 2 N–H and O–H groups in total. The van der Waals surface area contributed by atoms with Gasteiger partial charge in [0.2, 0.25) is 0 Å². The molecule has 0 saturated heterocycles. The lowest BCUT2D eigenvalue weighted by atomic mass is 10.2. The number of carbonyl (C=O) groups is 1. The Balaban J connectivity index is 1.84. The van der Waals surface area contributed by atoms with E-state index in [-0.39, 0.29) is 18.1 Å². The lowest BCUT2D eigenvalue weighted by Crippen LogP contribution is -2.26. The largest absolute Gasteiger partial charge is 0.376 e. The molecule has 0 unspecified atom stereocenters. The quantitative estimate of drug-likeness (QED) is 0.477. The summed E-state index contributed by atoms with van der Waals surface area (Å²) in [6, 6.07) is 11.2. The third-order valence-electron chi connectivity index (χ3n) is 3.21. The summed E-state index contributed by atoms with van der Waals surface area (Å²) in [5.74, 6) is -0.326. The molecule has 0 aliphatic heterocycles. The minimum atomic E-state index is -0.480. The Kier molecular flexibility index (Phi) is 5.86. The average molecular weight is 347 g/mol. The van der Waals surface area contributed by atoms with Crippen LogP contribution in [0.25, 0.3) is 0 Å². The molecule has 124 valence electrons. The minimum absolute atomic E-state index is 0.00252. The summed E-state index contributed by atoms with van der Waals surface area (Å²) in [4.78, 5) is 21.8. The van der Waals surface area contributed by atoms with Crippen LogP contribution in [0, 0.1) is 17.0 Å². The van der Waals surface area contributed by atoms with Gasteiger partial charge < -0.3 is 5.32 Å². The number of nitro benzene ring substituents is 1. The maximum atomic E-state index is 11.7. The van der Waals surface area contributed by atoms with Gasteiger partial charge in [-0.2, -0.15) is 5.10 Å². The highest BCUT2D eigenvalue weighted by Gasteiger charge is 2.05. The molecule has 0 radical (unpaired) electrons. The van der Waals surface area contributed by atoms with E-state index < -0.39 is 4.92 Å². The van der Waals surface area contributed by atoms with Crippen molar-refractivity contribution in [2.45, 2.75) is 6.92 Å². The first kappa shape index (κ1) is 17.4. The zero-order chi connectivity index (χ0) is 17.5. The van der Waals surface area contributed by atoms with Crippen LogP contribution in [-0.2, 0) is 4.79 Å². The standard InChI is InChI=1S/C16H15ClN4O3/c1-11-14(17)3-2-4-15(11)18-10-16(22)20-19-9-12-5-7-13(8-6-12)21(23)24/h2-9,18H,10H2,1H3,(H,20,22)/b19-9-. The van der Waals surface area contributed by atoms with E-state index in [1.54, 1.807) is 24.3 Å². The van der Waals surface area contributed by atoms with Gasteiger partial charge in [0.05, 0.1) is 17.7 Å². The highest BCUT2D eigenvalue weighted by Crippen LogP contribution is 2.22. The van der Waals surface area contributed by atoms with Crippen molar-refractivity contribution in [2.24, 2.45) is 5.10 Å². The van der Waals surface area contributed by atoms with E-state index in [4.69, 9.17) is 11.6 Å². The number of halogens is 1.